The van der Waals surface area contributed by atoms with Crippen molar-refractivity contribution in [3.05, 3.63) is 46.7 Å². The van der Waals surface area contributed by atoms with Crippen molar-refractivity contribution < 1.29 is 4.74 Å². The van der Waals surface area contributed by atoms with Crippen LogP contribution in [0, 0.1) is 6.42 Å². The van der Waals surface area contributed by atoms with E-state index in [2.05, 4.69) is 10.0 Å². The maximum absolute atomic E-state index is 8.04. The van der Waals surface area contributed by atoms with Gasteiger partial charge in [0.05, 0.1) is 7.11 Å². The van der Waals surface area contributed by atoms with Crippen LogP contribution in [0.15, 0.2) is 29.4 Å². The zero-order valence-corrected chi connectivity index (χ0v) is 7.34. The fraction of sp³-hybridized carbons (Fsp3) is 0.222. The summed E-state index contributed by atoms with van der Waals surface area (Å²) in [6.07, 6.45) is 1.85. The highest BCUT2D eigenvalue weighted by Crippen LogP contribution is 2.12. The molecule has 0 bridgehead atoms. The Bertz CT molecular complexity index is 301. The molecule has 1 rings (SSSR count). The van der Waals surface area contributed by atoms with Crippen molar-refractivity contribution in [1.82, 2.24) is 0 Å². The topological polar surface area (TPSA) is 58.0 Å². The van der Waals surface area contributed by atoms with Crippen LogP contribution < -0.4 is 4.74 Å². The normalized spacial score (nSPS) is 9.00. The van der Waals surface area contributed by atoms with Gasteiger partial charge in [0.25, 0.3) is 0 Å². The summed E-state index contributed by atoms with van der Waals surface area (Å²) in [5.41, 5.74) is 9.07. The molecule has 4 heteroatoms. The van der Waals surface area contributed by atoms with Crippen molar-refractivity contribution in [2.45, 2.75) is 0 Å². The number of ether oxygens (including phenoxy) is 1. The number of hydrogen-bond donors (Lipinski definition) is 0. The van der Waals surface area contributed by atoms with Crippen LogP contribution in [0.1, 0.15) is 5.56 Å². The lowest BCUT2D eigenvalue weighted by atomic mass is 10.1. The molecule has 0 atom stereocenters. The average Bonchev–Trinajstić information content (AvgIpc) is 2.19. The molecule has 0 saturated heterocycles. The standard InChI is InChI=1S/C9H10N3O/c1-13-9-4-2-8(3-5-9)6-7-11-12-10/h2-6H,7H2,1H3. The van der Waals surface area contributed by atoms with Crippen molar-refractivity contribution in [1.29, 1.82) is 0 Å². The number of hydrogen-bond acceptors (Lipinski definition) is 2. The van der Waals surface area contributed by atoms with Gasteiger partial charge in [0.15, 0.2) is 0 Å². The van der Waals surface area contributed by atoms with Crippen molar-refractivity contribution >= 4 is 0 Å². The van der Waals surface area contributed by atoms with Gasteiger partial charge in [-0.2, -0.15) is 0 Å². The Labute approximate surface area is 76.8 Å². The lowest BCUT2D eigenvalue weighted by Crippen LogP contribution is -1.86. The first-order valence-corrected chi connectivity index (χ1v) is 3.85. The molecule has 1 aromatic carbocycles. The van der Waals surface area contributed by atoms with Gasteiger partial charge in [0.2, 0.25) is 0 Å². The molecule has 0 N–H and O–H groups in total. The Kier molecular flexibility index (Phi) is 3.67. The Morgan fingerprint density at radius 1 is 1.46 bits per heavy atom. The van der Waals surface area contributed by atoms with E-state index in [0.717, 1.165) is 11.3 Å². The lowest BCUT2D eigenvalue weighted by molar-refractivity contribution is 0.414. The van der Waals surface area contributed by atoms with E-state index in [4.69, 9.17) is 10.3 Å². The highest BCUT2D eigenvalue weighted by atomic mass is 16.5. The van der Waals surface area contributed by atoms with Gasteiger partial charge in [0, 0.05) is 11.5 Å². The number of benzene rings is 1. The van der Waals surface area contributed by atoms with E-state index in [1.165, 1.54) is 0 Å². The third-order valence-electron chi connectivity index (χ3n) is 1.59. The van der Waals surface area contributed by atoms with Gasteiger partial charge >= 0.3 is 0 Å². The third-order valence-corrected chi connectivity index (χ3v) is 1.59. The molecule has 0 fully saturated rings. The van der Waals surface area contributed by atoms with Crippen LogP contribution in [0.2, 0.25) is 0 Å². The number of azide groups is 1. The Hall–Kier alpha value is -1.67. The number of nitrogens with zero attached hydrogens (tertiary/aromatic N) is 3. The molecule has 1 radical (unpaired) electrons. The second kappa shape index (κ2) is 5.06. The van der Waals surface area contributed by atoms with E-state index in [0.29, 0.717) is 6.54 Å². The van der Waals surface area contributed by atoms with E-state index in [1.807, 2.05) is 30.7 Å². The Morgan fingerprint density at radius 2 is 2.15 bits per heavy atom. The van der Waals surface area contributed by atoms with Crippen molar-refractivity contribution in [3.63, 3.8) is 0 Å². The lowest BCUT2D eigenvalue weighted by Gasteiger charge is -2.00. The van der Waals surface area contributed by atoms with Crippen LogP contribution in [0.5, 0.6) is 5.75 Å². The number of rotatable bonds is 4. The fourth-order valence-electron chi connectivity index (χ4n) is 0.923. The first kappa shape index (κ1) is 9.42. The van der Waals surface area contributed by atoms with Crippen LogP contribution in [0.25, 0.3) is 10.4 Å². The van der Waals surface area contributed by atoms with E-state index in [9.17, 15) is 0 Å². The molecule has 0 aliphatic heterocycles. The van der Waals surface area contributed by atoms with Crippen LogP contribution in [-0.4, -0.2) is 13.7 Å². The van der Waals surface area contributed by atoms with Crippen molar-refractivity contribution in [2.24, 2.45) is 5.11 Å². The van der Waals surface area contributed by atoms with Crippen LogP contribution >= 0.6 is 0 Å². The first-order chi connectivity index (χ1) is 6.36. The molecule has 0 unspecified atom stereocenters. The summed E-state index contributed by atoms with van der Waals surface area (Å²) in [6, 6.07) is 7.54. The predicted octanol–water partition coefficient (Wildman–Crippen LogP) is 2.56. The highest BCUT2D eigenvalue weighted by molar-refractivity contribution is 5.31. The summed E-state index contributed by atoms with van der Waals surface area (Å²) in [7, 11) is 1.62. The van der Waals surface area contributed by atoms with Gasteiger partial charge in [-0.15, -0.1) is 0 Å². The van der Waals surface area contributed by atoms with Gasteiger partial charge < -0.3 is 4.74 Å². The minimum Gasteiger partial charge on any atom is -0.497 e. The molecule has 4 nitrogen and oxygen atoms in total. The monoisotopic (exact) mass is 176 g/mol. The smallest absolute Gasteiger partial charge is 0.118 e. The van der Waals surface area contributed by atoms with Crippen LogP contribution in [0.3, 0.4) is 0 Å². The molecule has 1 aromatic rings. The van der Waals surface area contributed by atoms with Gasteiger partial charge in [0.1, 0.15) is 5.75 Å². The molecule has 0 aliphatic rings. The minimum absolute atomic E-state index is 0.378. The molecule has 0 aliphatic carbocycles. The molecule has 0 heterocycles. The Balaban J connectivity index is 2.53. The second-order valence-electron chi connectivity index (χ2n) is 2.39. The first-order valence-electron chi connectivity index (χ1n) is 3.85. The zero-order chi connectivity index (χ0) is 9.52. The van der Waals surface area contributed by atoms with Crippen LogP contribution in [-0.2, 0) is 0 Å². The van der Waals surface area contributed by atoms with Gasteiger partial charge in [-0.3, -0.25) is 0 Å². The maximum atomic E-state index is 8.04. The van der Waals surface area contributed by atoms with E-state index in [-0.39, 0.29) is 0 Å². The SMILES string of the molecule is COc1ccc([CH]CN=[N+]=[N-])cc1. The van der Waals surface area contributed by atoms with Gasteiger partial charge in [-0.05, 0) is 29.6 Å². The van der Waals surface area contributed by atoms with E-state index >= 15 is 0 Å². The maximum Gasteiger partial charge on any atom is 0.118 e. The predicted molar refractivity (Wildman–Crippen MR) is 50.4 cm³/mol. The molecule has 13 heavy (non-hydrogen) atoms. The fourth-order valence-corrected chi connectivity index (χ4v) is 0.923. The third kappa shape index (κ3) is 3.05. The number of methoxy groups -OCH3 is 1. The minimum atomic E-state index is 0.378. The Morgan fingerprint density at radius 3 is 2.69 bits per heavy atom. The zero-order valence-electron chi connectivity index (χ0n) is 7.34. The van der Waals surface area contributed by atoms with Gasteiger partial charge in [-0.25, -0.2) is 0 Å². The molecular formula is C9H10N3O. The van der Waals surface area contributed by atoms with Crippen LogP contribution in [0.4, 0.5) is 0 Å². The molecule has 67 valence electrons. The largest absolute Gasteiger partial charge is 0.497 e. The molecule has 0 amide bonds. The van der Waals surface area contributed by atoms with Gasteiger partial charge in [-0.1, -0.05) is 17.2 Å². The second-order valence-corrected chi connectivity index (χ2v) is 2.39. The highest BCUT2D eigenvalue weighted by Gasteiger charge is 1.93. The average molecular weight is 176 g/mol. The van der Waals surface area contributed by atoms with E-state index in [1.54, 1.807) is 7.11 Å². The quantitative estimate of drug-likeness (QED) is 0.395. The summed E-state index contributed by atoms with van der Waals surface area (Å²) in [5.74, 6) is 0.820. The molecule has 0 spiro atoms. The summed E-state index contributed by atoms with van der Waals surface area (Å²) in [5, 5.41) is 3.40. The summed E-state index contributed by atoms with van der Waals surface area (Å²) in [4.78, 5) is 2.65. The molecule has 0 saturated carbocycles. The van der Waals surface area contributed by atoms with Crippen molar-refractivity contribution in [2.75, 3.05) is 13.7 Å². The molecular weight excluding hydrogens is 166 g/mol. The van der Waals surface area contributed by atoms with Crippen molar-refractivity contribution in [3.8, 4) is 5.75 Å². The molecule has 0 aromatic heterocycles. The summed E-state index contributed by atoms with van der Waals surface area (Å²) >= 11 is 0. The van der Waals surface area contributed by atoms with E-state index < -0.39 is 0 Å². The summed E-state index contributed by atoms with van der Waals surface area (Å²) < 4.78 is 5.00. The summed E-state index contributed by atoms with van der Waals surface area (Å²) in [6.45, 7) is 0.378.